The zero-order chi connectivity index (χ0) is 12.8. The number of hydrogen-bond acceptors (Lipinski definition) is 2. The molecular formula is C12H16BrFN2O. The molecule has 0 radical (unpaired) electrons. The van der Waals surface area contributed by atoms with Gasteiger partial charge in [0.05, 0.1) is 5.69 Å². The van der Waals surface area contributed by atoms with Crippen LogP contribution in [0.3, 0.4) is 0 Å². The van der Waals surface area contributed by atoms with Gasteiger partial charge in [0.2, 0.25) is 5.91 Å². The van der Waals surface area contributed by atoms with Crippen molar-refractivity contribution < 1.29 is 9.18 Å². The molecule has 1 amide bonds. The topological polar surface area (TPSA) is 55.1 Å². The predicted octanol–water partition coefficient (Wildman–Crippen LogP) is 2.90. The second-order valence-electron chi connectivity index (χ2n) is 3.89. The number of amides is 1. The summed E-state index contributed by atoms with van der Waals surface area (Å²) in [5.74, 6) is -0.356. The van der Waals surface area contributed by atoms with Crippen molar-refractivity contribution in [2.24, 2.45) is 11.7 Å². The molecule has 1 unspecified atom stereocenters. The number of nitrogens with two attached hydrogens (primary N) is 1. The second kappa shape index (κ2) is 6.71. The molecule has 0 spiro atoms. The maximum Gasteiger partial charge on any atom is 0.224 e. The summed E-state index contributed by atoms with van der Waals surface area (Å²) in [5, 5.41) is 2.67. The Balaban J connectivity index is 2.64. The molecule has 0 heterocycles. The van der Waals surface area contributed by atoms with E-state index in [2.05, 4.69) is 21.2 Å². The van der Waals surface area contributed by atoms with Crippen LogP contribution < -0.4 is 11.1 Å². The molecule has 94 valence electrons. The fourth-order valence-electron chi connectivity index (χ4n) is 1.45. The first-order valence-electron chi connectivity index (χ1n) is 5.51. The predicted molar refractivity (Wildman–Crippen MR) is 70.2 cm³/mol. The summed E-state index contributed by atoms with van der Waals surface area (Å²) in [6, 6.07) is 4.17. The van der Waals surface area contributed by atoms with Crippen molar-refractivity contribution in [2.45, 2.75) is 19.8 Å². The van der Waals surface area contributed by atoms with Gasteiger partial charge < -0.3 is 11.1 Å². The van der Waals surface area contributed by atoms with E-state index in [0.29, 0.717) is 23.1 Å². The number of hydrogen-bond donors (Lipinski definition) is 2. The van der Waals surface area contributed by atoms with E-state index in [1.54, 1.807) is 6.07 Å². The highest BCUT2D eigenvalue weighted by Gasteiger charge is 2.12. The van der Waals surface area contributed by atoms with Crippen LogP contribution in [0.25, 0.3) is 0 Å². The highest BCUT2D eigenvalue weighted by Crippen LogP contribution is 2.23. The number of rotatable bonds is 5. The third-order valence-electron chi connectivity index (χ3n) is 2.59. The first-order chi connectivity index (χ1) is 8.06. The minimum absolute atomic E-state index is 0.145. The van der Waals surface area contributed by atoms with Crippen LogP contribution in [0.2, 0.25) is 0 Å². The third kappa shape index (κ3) is 4.44. The Morgan fingerprint density at radius 2 is 2.29 bits per heavy atom. The first kappa shape index (κ1) is 14.1. The van der Waals surface area contributed by atoms with Gasteiger partial charge in [0.15, 0.2) is 0 Å². The Morgan fingerprint density at radius 3 is 2.88 bits per heavy atom. The van der Waals surface area contributed by atoms with Crippen LogP contribution in [0.4, 0.5) is 10.1 Å². The van der Waals surface area contributed by atoms with Crippen LogP contribution in [0.5, 0.6) is 0 Å². The largest absolute Gasteiger partial charge is 0.330 e. The smallest absolute Gasteiger partial charge is 0.224 e. The quantitative estimate of drug-likeness (QED) is 0.879. The lowest BCUT2D eigenvalue weighted by Gasteiger charge is -2.12. The van der Waals surface area contributed by atoms with Gasteiger partial charge in [0.25, 0.3) is 0 Å². The van der Waals surface area contributed by atoms with Crippen molar-refractivity contribution in [2.75, 3.05) is 11.9 Å². The molecule has 5 heteroatoms. The van der Waals surface area contributed by atoms with Gasteiger partial charge in [-0.3, -0.25) is 4.79 Å². The summed E-state index contributed by atoms with van der Waals surface area (Å²) in [6.07, 6.45) is 1.21. The lowest BCUT2D eigenvalue weighted by Crippen LogP contribution is -2.21. The molecular weight excluding hydrogens is 287 g/mol. The normalized spacial score (nSPS) is 12.2. The van der Waals surface area contributed by atoms with Crippen molar-refractivity contribution in [3.05, 3.63) is 28.5 Å². The van der Waals surface area contributed by atoms with Crippen LogP contribution in [-0.4, -0.2) is 12.5 Å². The Labute approximate surface area is 109 Å². The van der Waals surface area contributed by atoms with Gasteiger partial charge >= 0.3 is 0 Å². The van der Waals surface area contributed by atoms with Crippen LogP contribution in [0, 0.1) is 11.7 Å². The van der Waals surface area contributed by atoms with E-state index in [1.807, 2.05) is 6.92 Å². The van der Waals surface area contributed by atoms with Crippen LogP contribution in [0.15, 0.2) is 22.7 Å². The summed E-state index contributed by atoms with van der Waals surface area (Å²) in [5.41, 5.74) is 5.98. The van der Waals surface area contributed by atoms with E-state index in [0.717, 1.165) is 6.42 Å². The molecule has 0 aliphatic rings. The number of carbonyl (C=O) groups is 1. The molecule has 0 aromatic heterocycles. The molecule has 1 aromatic carbocycles. The van der Waals surface area contributed by atoms with Crippen LogP contribution in [0.1, 0.15) is 19.8 Å². The third-order valence-corrected chi connectivity index (χ3v) is 3.28. The Bertz CT molecular complexity index is 394. The van der Waals surface area contributed by atoms with E-state index < -0.39 is 0 Å². The highest BCUT2D eigenvalue weighted by molar-refractivity contribution is 9.10. The van der Waals surface area contributed by atoms with E-state index in [-0.39, 0.29) is 17.6 Å². The average Bonchev–Trinajstić information content (AvgIpc) is 2.31. The molecule has 0 saturated heterocycles. The SMILES string of the molecule is CCC(CN)CC(=O)Nc1cc(F)ccc1Br. The van der Waals surface area contributed by atoms with Gasteiger partial charge in [0.1, 0.15) is 5.82 Å². The molecule has 17 heavy (non-hydrogen) atoms. The molecule has 3 nitrogen and oxygen atoms in total. The molecule has 0 fully saturated rings. The average molecular weight is 303 g/mol. The molecule has 1 rings (SSSR count). The van der Waals surface area contributed by atoms with Crippen LogP contribution >= 0.6 is 15.9 Å². The zero-order valence-electron chi connectivity index (χ0n) is 9.67. The van der Waals surface area contributed by atoms with Gasteiger partial charge in [-0.2, -0.15) is 0 Å². The second-order valence-corrected chi connectivity index (χ2v) is 4.74. The van der Waals surface area contributed by atoms with E-state index in [9.17, 15) is 9.18 Å². The van der Waals surface area contributed by atoms with Gasteiger partial charge in [-0.1, -0.05) is 13.3 Å². The van der Waals surface area contributed by atoms with Gasteiger partial charge in [-0.05, 0) is 46.6 Å². The highest BCUT2D eigenvalue weighted by atomic mass is 79.9. The van der Waals surface area contributed by atoms with Crippen LogP contribution in [-0.2, 0) is 4.79 Å². The van der Waals surface area contributed by atoms with Crippen molar-refractivity contribution >= 4 is 27.5 Å². The number of nitrogens with one attached hydrogen (secondary N) is 1. The summed E-state index contributed by atoms with van der Waals surface area (Å²) < 4.78 is 13.7. The number of anilines is 1. The Morgan fingerprint density at radius 1 is 1.59 bits per heavy atom. The number of carbonyl (C=O) groups excluding carboxylic acids is 1. The molecule has 0 bridgehead atoms. The minimum atomic E-state index is -0.380. The fraction of sp³-hybridized carbons (Fsp3) is 0.417. The lowest BCUT2D eigenvalue weighted by molar-refractivity contribution is -0.117. The molecule has 1 aromatic rings. The standard InChI is InChI=1S/C12H16BrFN2O/c1-2-8(7-15)5-12(17)16-11-6-9(14)3-4-10(11)13/h3-4,6,8H,2,5,7,15H2,1H3,(H,16,17). The Hall–Kier alpha value is -0.940. The summed E-state index contributed by atoms with van der Waals surface area (Å²) in [4.78, 5) is 11.7. The summed E-state index contributed by atoms with van der Waals surface area (Å²) >= 11 is 3.25. The van der Waals surface area contributed by atoms with Crippen molar-refractivity contribution in [1.82, 2.24) is 0 Å². The van der Waals surface area contributed by atoms with E-state index in [4.69, 9.17) is 5.73 Å². The lowest BCUT2D eigenvalue weighted by atomic mass is 10.0. The molecule has 1 atom stereocenters. The summed E-state index contributed by atoms with van der Waals surface area (Å²) in [7, 11) is 0. The van der Waals surface area contributed by atoms with Gasteiger partial charge in [-0.15, -0.1) is 0 Å². The monoisotopic (exact) mass is 302 g/mol. The van der Waals surface area contributed by atoms with Crippen molar-refractivity contribution in [1.29, 1.82) is 0 Å². The van der Waals surface area contributed by atoms with Crippen molar-refractivity contribution in [3.8, 4) is 0 Å². The molecule has 0 saturated carbocycles. The maximum absolute atomic E-state index is 13.0. The first-order valence-corrected chi connectivity index (χ1v) is 6.31. The van der Waals surface area contributed by atoms with E-state index >= 15 is 0 Å². The molecule has 0 aliphatic carbocycles. The molecule has 3 N–H and O–H groups in total. The minimum Gasteiger partial charge on any atom is -0.330 e. The Kier molecular flexibility index (Phi) is 5.58. The number of halogens is 2. The fourth-order valence-corrected chi connectivity index (χ4v) is 1.80. The number of benzene rings is 1. The molecule has 0 aliphatic heterocycles. The maximum atomic E-state index is 13.0. The van der Waals surface area contributed by atoms with Gasteiger partial charge in [-0.25, -0.2) is 4.39 Å². The zero-order valence-corrected chi connectivity index (χ0v) is 11.3. The van der Waals surface area contributed by atoms with Crippen molar-refractivity contribution in [3.63, 3.8) is 0 Å². The van der Waals surface area contributed by atoms with E-state index in [1.165, 1.54) is 12.1 Å². The summed E-state index contributed by atoms with van der Waals surface area (Å²) in [6.45, 7) is 2.47. The van der Waals surface area contributed by atoms with Gasteiger partial charge in [0, 0.05) is 10.9 Å².